The van der Waals surface area contributed by atoms with Crippen LogP contribution in [0, 0.1) is 10.8 Å². The van der Waals surface area contributed by atoms with E-state index in [-0.39, 0.29) is 0 Å². The van der Waals surface area contributed by atoms with Crippen molar-refractivity contribution in [1.29, 1.82) is 0 Å². The van der Waals surface area contributed by atoms with Gasteiger partial charge in [0.1, 0.15) is 0 Å². The minimum Gasteiger partial charge on any atom is -0.155 e. The van der Waals surface area contributed by atoms with Gasteiger partial charge in [-0.1, -0.05) is 64.5 Å². The predicted molar refractivity (Wildman–Crippen MR) is 152 cm³/mol. The summed E-state index contributed by atoms with van der Waals surface area (Å²) in [5.41, 5.74) is 1.70. The summed E-state index contributed by atoms with van der Waals surface area (Å²) in [4.78, 5) is 0. The third-order valence-electron chi connectivity index (χ3n) is 12.7. The lowest BCUT2D eigenvalue weighted by atomic mass is 9.23. The zero-order valence-electron chi connectivity index (χ0n) is 21.3. The number of thioether (sulfide) groups is 2. The highest BCUT2D eigenvalue weighted by molar-refractivity contribution is 8.01. The van der Waals surface area contributed by atoms with Gasteiger partial charge >= 0.3 is 0 Å². The van der Waals surface area contributed by atoms with Crippen molar-refractivity contribution >= 4 is 52.9 Å². The average molecular weight is 513 g/mol. The van der Waals surface area contributed by atoms with Crippen molar-refractivity contribution in [2.24, 2.45) is 10.8 Å². The molecule has 0 nitrogen and oxygen atoms in total. The minimum atomic E-state index is -1.13. The molecule has 30 heavy (non-hydrogen) atoms. The van der Waals surface area contributed by atoms with Gasteiger partial charge in [0.2, 0.25) is 0 Å². The molecule has 11 rings (SSSR count). The SMILES string of the molecule is C[Si]1(C)CCCSC23CC(C2)(C3)C23CC(C2)(C3)SCCC[Si](C)(C)[Si](C)(C)[Si]1(C)C. The summed E-state index contributed by atoms with van der Waals surface area (Å²) in [6.07, 6.45) is 12.8. The van der Waals surface area contributed by atoms with Crippen molar-refractivity contribution in [3.63, 3.8) is 0 Å². The van der Waals surface area contributed by atoms with Crippen LogP contribution < -0.4 is 0 Å². The Morgan fingerprint density at radius 3 is 1.10 bits per heavy atom. The van der Waals surface area contributed by atoms with E-state index in [9.17, 15) is 0 Å². The molecular weight excluding hydrogens is 465 g/mol. The lowest BCUT2D eigenvalue weighted by Crippen LogP contribution is -2.82. The molecule has 6 saturated carbocycles. The van der Waals surface area contributed by atoms with Crippen LogP contribution in [0.15, 0.2) is 0 Å². The molecule has 5 aliphatic heterocycles. The molecule has 11 aliphatic rings. The van der Waals surface area contributed by atoms with Gasteiger partial charge < -0.3 is 0 Å². The summed E-state index contributed by atoms with van der Waals surface area (Å²) in [6.45, 7) is 22.8. The molecule has 5 saturated heterocycles. The van der Waals surface area contributed by atoms with Gasteiger partial charge in [-0.2, -0.15) is 23.5 Å². The van der Waals surface area contributed by atoms with Crippen LogP contribution in [0.25, 0.3) is 0 Å². The van der Waals surface area contributed by atoms with Crippen molar-refractivity contribution in [3.05, 3.63) is 0 Å². The number of hydrogen-bond donors (Lipinski definition) is 0. The maximum Gasteiger partial charge on any atom is 0.0384 e. The van der Waals surface area contributed by atoms with Crippen LogP contribution in [0.3, 0.4) is 0 Å². The Morgan fingerprint density at radius 2 is 0.800 bits per heavy atom. The topological polar surface area (TPSA) is 0 Å². The molecule has 0 atom stereocenters. The van der Waals surface area contributed by atoms with Crippen molar-refractivity contribution < 1.29 is 0 Å². The smallest absolute Gasteiger partial charge is 0.0384 e. The summed E-state index contributed by atoms with van der Waals surface area (Å²) in [7, 11) is -4.47. The molecule has 11 fully saturated rings. The number of rotatable bonds is 0. The Balaban J connectivity index is 1.32. The van der Waals surface area contributed by atoms with Gasteiger partial charge in [-0.15, -0.1) is 0 Å². The molecular formula is C24H48S2Si4. The summed E-state index contributed by atoms with van der Waals surface area (Å²) < 4.78 is 1.53. The van der Waals surface area contributed by atoms with E-state index in [1.807, 2.05) is 0 Å². The van der Waals surface area contributed by atoms with E-state index in [1.165, 1.54) is 24.3 Å². The second-order valence-corrected chi connectivity index (χ2v) is 59.2. The summed E-state index contributed by atoms with van der Waals surface area (Å²) >= 11 is 4.87. The summed E-state index contributed by atoms with van der Waals surface area (Å²) in [5, 5.41) is 0. The van der Waals surface area contributed by atoms with E-state index in [1.54, 1.807) is 50.6 Å². The molecule has 0 amide bonds. The average Bonchev–Trinajstić information content (AvgIpc) is 2.48. The molecule has 6 aliphatic carbocycles. The first kappa shape index (κ1) is 23.3. The molecule has 172 valence electrons. The minimum absolute atomic E-state index is 0.767. The van der Waals surface area contributed by atoms with Gasteiger partial charge in [-0.3, -0.25) is 0 Å². The van der Waals surface area contributed by atoms with Crippen LogP contribution in [0.4, 0.5) is 0 Å². The first-order chi connectivity index (χ1) is 13.7. The van der Waals surface area contributed by atoms with E-state index >= 15 is 0 Å². The second kappa shape index (κ2) is 6.61. The molecule has 6 heteroatoms. The molecule has 0 radical (unpaired) electrons. The normalized spacial score (nSPS) is 50.4. The first-order valence-corrected chi connectivity index (χ1v) is 30.3. The predicted octanol–water partition coefficient (Wildman–Crippen LogP) is 8.16. The van der Waals surface area contributed by atoms with Crippen LogP contribution in [0.1, 0.15) is 51.4 Å². The van der Waals surface area contributed by atoms with Gasteiger partial charge in [0, 0.05) is 38.9 Å². The molecule has 0 unspecified atom stereocenters. The largest absolute Gasteiger partial charge is 0.155 e. The van der Waals surface area contributed by atoms with Gasteiger partial charge in [-0.05, 0) is 73.7 Å². The molecule has 0 spiro atoms. The van der Waals surface area contributed by atoms with Crippen LogP contribution in [0.2, 0.25) is 64.5 Å². The standard InChI is InChI=1S/C24H48S2Si4/c1-27(2)13-9-11-25-23-15-21(16-23,17-23)22-18-24(19-22,20-22)26-12-10-14-28(3,4)30(7,8)29(27,5)6/h9-20H2,1-8H3. The zero-order chi connectivity index (χ0) is 21.9. The fourth-order valence-electron chi connectivity index (χ4n) is 8.74. The highest BCUT2D eigenvalue weighted by Crippen LogP contribution is 2.90. The molecule has 0 aromatic heterocycles. The third kappa shape index (κ3) is 2.88. The van der Waals surface area contributed by atoms with Crippen molar-refractivity contribution in [2.45, 2.75) is 125 Å². The molecule has 0 N–H and O–H groups in total. The first-order valence-electron chi connectivity index (χ1n) is 12.9. The van der Waals surface area contributed by atoms with Crippen LogP contribution in [0.5, 0.6) is 0 Å². The van der Waals surface area contributed by atoms with Crippen LogP contribution in [-0.4, -0.2) is 50.4 Å². The van der Waals surface area contributed by atoms with Crippen LogP contribution >= 0.6 is 23.5 Å². The lowest BCUT2D eigenvalue weighted by molar-refractivity contribution is -0.283. The summed E-state index contributed by atoms with van der Waals surface area (Å²) in [6, 6.07) is 3.26. The highest BCUT2D eigenvalue weighted by atomic mass is 32.2. The van der Waals surface area contributed by atoms with Crippen molar-refractivity contribution in [2.75, 3.05) is 11.5 Å². The quantitative estimate of drug-likeness (QED) is 0.300. The fourth-order valence-corrected chi connectivity index (χ4v) is 85.7. The Hall–Kier alpha value is 1.57. The zero-order valence-corrected chi connectivity index (χ0v) is 26.9. The summed E-state index contributed by atoms with van der Waals surface area (Å²) in [5.74, 6) is 2.96. The van der Waals surface area contributed by atoms with Gasteiger partial charge in [-0.25, -0.2) is 0 Å². The molecule has 4 bridgehead atoms. The van der Waals surface area contributed by atoms with E-state index < -0.39 is 29.4 Å². The second-order valence-electron chi connectivity index (χ2n) is 14.9. The Kier molecular flexibility index (Phi) is 5.14. The monoisotopic (exact) mass is 512 g/mol. The van der Waals surface area contributed by atoms with E-state index in [0.717, 1.165) is 20.3 Å². The van der Waals surface area contributed by atoms with Gasteiger partial charge in [0.05, 0.1) is 0 Å². The van der Waals surface area contributed by atoms with E-state index in [0.29, 0.717) is 0 Å². The number of hydrogen-bond acceptors (Lipinski definition) is 2. The Labute approximate surface area is 199 Å². The fraction of sp³-hybridized carbons (Fsp3) is 1.00. The maximum atomic E-state index is 2.88. The van der Waals surface area contributed by atoms with Crippen LogP contribution in [-0.2, 0) is 0 Å². The molecule has 5 heterocycles. The Bertz CT molecular complexity index is 640. The van der Waals surface area contributed by atoms with Gasteiger partial charge in [0.15, 0.2) is 0 Å². The van der Waals surface area contributed by atoms with Gasteiger partial charge in [0.25, 0.3) is 0 Å². The molecule has 0 aromatic carbocycles. The van der Waals surface area contributed by atoms with Crippen molar-refractivity contribution in [3.8, 4) is 0 Å². The van der Waals surface area contributed by atoms with Crippen molar-refractivity contribution in [1.82, 2.24) is 0 Å². The Morgan fingerprint density at radius 1 is 0.500 bits per heavy atom. The third-order valence-corrected chi connectivity index (χ3v) is 85.8. The lowest BCUT2D eigenvalue weighted by Gasteiger charge is -2.87. The maximum absolute atomic E-state index is 2.88. The molecule has 0 aromatic rings. The van der Waals surface area contributed by atoms with E-state index in [2.05, 4.69) is 75.9 Å². The van der Waals surface area contributed by atoms with E-state index in [4.69, 9.17) is 0 Å². The highest BCUT2D eigenvalue weighted by Gasteiger charge is 2.84.